The average Bonchev–Trinajstić information content (AvgIpc) is 3.22. The summed E-state index contributed by atoms with van der Waals surface area (Å²) in [5, 5.41) is 9.62. The van der Waals surface area contributed by atoms with Gasteiger partial charge in [0.15, 0.2) is 5.78 Å². The largest absolute Gasteiger partial charge is 0.457 e. The van der Waals surface area contributed by atoms with Crippen LogP contribution in [-0.4, -0.2) is 30.1 Å². The highest BCUT2D eigenvalue weighted by atomic mass is 19.1. The van der Waals surface area contributed by atoms with E-state index in [1.54, 1.807) is 30.3 Å². The topological polar surface area (TPSA) is 53.7 Å². The molecule has 0 saturated carbocycles. The van der Waals surface area contributed by atoms with Crippen molar-refractivity contribution in [2.24, 2.45) is 0 Å². The number of nitrogens with zero attached hydrogens (tertiary/aromatic N) is 1. The molecule has 1 saturated heterocycles. The van der Waals surface area contributed by atoms with Crippen LogP contribution in [0, 0.1) is 5.82 Å². The SMILES string of the molecule is O=C(/C=C/c1ccc(-c2ccc(F)cc2)o1)c1ccc(N2CCC(O)CC2)cc1. The van der Waals surface area contributed by atoms with Gasteiger partial charge < -0.3 is 14.4 Å². The van der Waals surface area contributed by atoms with Crippen molar-refractivity contribution in [3.8, 4) is 11.3 Å². The van der Waals surface area contributed by atoms with Crippen molar-refractivity contribution in [1.82, 2.24) is 0 Å². The Morgan fingerprint density at radius 3 is 2.38 bits per heavy atom. The maximum absolute atomic E-state index is 13.0. The quantitative estimate of drug-likeness (QED) is 0.494. The first-order valence-electron chi connectivity index (χ1n) is 9.70. The summed E-state index contributed by atoms with van der Waals surface area (Å²) in [6, 6.07) is 17.2. The van der Waals surface area contributed by atoms with E-state index in [0.29, 0.717) is 17.1 Å². The smallest absolute Gasteiger partial charge is 0.185 e. The zero-order valence-electron chi connectivity index (χ0n) is 15.9. The van der Waals surface area contributed by atoms with Gasteiger partial charge in [0.1, 0.15) is 17.3 Å². The maximum atomic E-state index is 13.0. The number of furan rings is 1. The summed E-state index contributed by atoms with van der Waals surface area (Å²) in [7, 11) is 0. The lowest BCUT2D eigenvalue weighted by atomic mass is 10.1. The predicted molar refractivity (Wildman–Crippen MR) is 111 cm³/mol. The van der Waals surface area contributed by atoms with Crippen molar-refractivity contribution in [1.29, 1.82) is 0 Å². The monoisotopic (exact) mass is 391 g/mol. The Bertz CT molecular complexity index is 997. The third kappa shape index (κ3) is 4.63. The number of aliphatic hydroxyl groups excluding tert-OH is 1. The molecule has 2 heterocycles. The molecule has 3 aromatic rings. The van der Waals surface area contributed by atoms with Crippen LogP contribution in [0.4, 0.5) is 10.1 Å². The second-order valence-electron chi connectivity index (χ2n) is 7.17. The van der Waals surface area contributed by atoms with Gasteiger partial charge in [-0.3, -0.25) is 4.79 Å². The molecule has 148 valence electrons. The molecule has 0 spiro atoms. The van der Waals surface area contributed by atoms with E-state index in [1.165, 1.54) is 18.2 Å². The lowest BCUT2D eigenvalue weighted by Gasteiger charge is -2.31. The fourth-order valence-corrected chi connectivity index (χ4v) is 3.43. The van der Waals surface area contributed by atoms with E-state index in [2.05, 4.69) is 4.90 Å². The van der Waals surface area contributed by atoms with Gasteiger partial charge in [0.05, 0.1) is 6.10 Å². The number of benzene rings is 2. The molecule has 1 aromatic heterocycles. The third-order valence-corrected chi connectivity index (χ3v) is 5.14. The van der Waals surface area contributed by atoms with Crippen molar-refractivity contribution in [2.75, 3.05) is 18.0 Å². The van der Waals surface area contributed by atoms with E-state index in [0.717, 1.165) is 37.2 Å². The molecular formula is C24H22FNO3. The van der Waals surface area contributed by atoms with Crippen LogP contribution < -0.4 is 4.90 Å². The highest BCUT2D eigenvalue weighted by Gasteiger charge is 2.17. The van der Waals surface area contributed by atoms with Crippen molar-refractivity contribution in [2.45, 2.75) is 18.9 Å². The zero-order chi connectivity index (χ0) is 20.2. The van der Waals surface area contributed by atoms with Crippen LogP contribution in [0.5, 0.6) is 0 Å². The normalized spacial score (nSPS) is 15.2. The second kappa shape index (κ2) is 8.45. The molecule has 1 aliphatic rings. The summed E-state index contributed by atoms with van der Waals surface area (Å²) >= 11 is 0. The molecule has 0 radical (unpaired) electrons. The standard InChI is InChI=1S/C24H22FNO3/c25-19-5-1-18(2-6-19)24-12-10-22(29-24)9-11-23(28)17-3-7-20(8-4-17)26-15-13-21(27)14-16-26/h1-12,21,27H,13-16H2/b11-9+. The summed E-state index contributed by atoms with van der Waals surface area (Å²) in [6.45, 7) is 1.65. The molecule has 4 rings (SSSR count). The van der Waals surface area contributed by atoms with Gasteiger partial charge >= 0.3 is 0 Å². The number of aliphatic hydroxyl groups is 1. The number of carbonyl (C=O) groups is 1. The maximum Gasteiger partial charge on any atom is 0.185 e. The predicted octanol–water partition coefficient (Wildman–Crippen LogP) is 4.94. The number of carbonyl (C=O) groups excluding carboxylic acids is 1. The number of hydrogen-bond donors (Lipinski definition) is 1. The van der Waals surface area contributed by atoms with Crippen LogP contribution in [-0.2, 0) is 0 Å². The Kier molecular flexibility index (Phi) is 5.58. The number of halogens is 1. The Balaban J connectivity index is 1.40. The summed E-state index contributed by atoms with van der Waals surface area (Å²) < 4.78 is 18.7. The summed E-state index contributed by atoms with van der Waals surface area (Å²) in [6.07, 6.45) is 4.45. The first kappa shape index (κ1) is 19.2. The molecule has 1 aliphatic heterocycles. The van der Waals surface area contributed by atoms with Gasteiger partial charge in [-0.15, -0.1) is 0 Å². The number of anilines is 1. The van der Waals surface area contributed by atoms with Crippen LogP contribution in [0.15, 0.2) is 71.2 Å². The Hall–Kier alpha value is -3.18. The number of ketones is 1. The second-order valence-corrected chi connectivity index (χ2v) is 7.17. The number of hydrogen-bond acceptors (Lipinski definition) is 4. The lowest BCUT2D eigenvalue weighted by Crippen LogP contribution is -2.35. The highest BCUT2D eigenvalue weighted by Crippen LogP contribution is 2.24. The van der Waals surface area contributed by atoms with Crippen molar-refractivity contribution < 1.29 is 18.7 Å². The minimum absolute atomic E-state index is 0.106. The average molecular weight is 391 g/mol. The van der Waals surface area contributed by atoms with Gasteiger partial charge in [0.25, 0.3) is 0 Å². The Labute approximate surface area is 168 Å². The molecule has 0 bridgehead atoms. The van der Waals surface area contributed by atoms with E-state index in [1.807, 2.05) is 24.3 Å². The molecule has 4 nitrogen and oxygen atoms in total. The van der Waals surface area contributed by atoms with Crippen molar-refractivity contribution in [3.05, 3.63) is 83.9 Å². The molecule has 0 atom stereocenters. The molecule has 0 aliphatic carbocycles. The van der Waals surface area contributed by atoms with Gasteiger partial charge in [-0.1, -0.05) is 0 Å². The fourth-order valence-electron chi connectivity index (χ4n) is 3.43. The zero-order valence-corrected chi connectivity index (χ0v) is 15.9. The molecule has 2 aromatic carbocycles. The van der Waals surface area contributed by atoms with Gasteiger partial charge in [-0.25, -0.2) is 4.39 Å². The van der Waals surface area contributed by atoms with Crippen molar-refractivity contribution in [3.63, 3.8) is 0 Å². The summed E-state index contributed by atoms with van der Waals surface area (Å²) in [5.41, 5.74) is 2.44. The fraction of sp³-hybridized carbons (Fsp3) is 0.208. The van der Waals surface area contributed by atoms with Crippen LogP contribution in [0.3, 0.4) is 0 Å². The van der Waals surface area contributed by atoms with E-state index in [-0.39, 0.29) is 17.7 Å². The molecule has 0 amide bonds. The van der Waals surface area contributed by atoms with E-state index < -0.39 is 0 Å². The lowest BCUT2D eigenvalue weighted by molar-refractivity contribution is 0.104. The molecular weight excluding hydrogens is 369 g/mol. The Morgan fingerprint density at radius 1 is 1.00 bits per heavy atom. The Morgan fingerprint density at radius 2 is 1.69 bits per heavy atom. The van der Waals surface area contributed by atoms with Gasteiger partial charge in [-0.2, -0.15) is 0 Å². The molecule has 5 heteroatoms. The number of rotatable bonds is 5. The number of piperidine rings is 1. The number of allylic oxidation sites excluding steroid dienone is 1. The van der Waals surface area contributed by atoms with E-state index in [9.17, 15) is 14.3 Å². The van der Waals surface area contributed by atoms with E-state index in [4.69, 9.17) is 4.42 Å². The summed E-state index contributed by atoms with van der Waals surface area (Å²) in [4.78, 5) is 14.7. The van der Waals surface area contributed by atoms with Gasteiger partial charge in [0, 0.05) is 29.9 Å². The first-order valence-corrected chi connectivity index (χ1v) is 9.70. The minimum Gasteiger partial charge on any atom is -0.457 e. The van der Waals surface area contributed by atoms with Crippen LogP contribution in [0.1, 0.15) is 29.0 Å². The minimum atomic E-state index is -0.296. The molecule has 1 fully saturated rings. The van der Waals surface area contributed by atoms with Crippen LogP contribution in [0.25, 0.3) is 17.4 Å². The first-order chi connectivity index (χ1) is 14.1. The molecule has 29 heavy (non-hydrogen) atoms. The van der Waals surface area contributed by atoms with Crippen molar-refractivity contribution >= 4 is 17.5 Å². The molecule has 1 N–H and O–H groups in total. The van der Waals surface area contributed by atoms with E-state index >= 15 is 0 Å². The summed E-state index contributed by atoms with van der Waals surface area (Å²) in [5.74, 6) is 0.773. The van der Waals surface area contributed by atoms with Crippen LogP contribution in [0.2, 0.25) is 0 Å². The van der Waals surface area contributed by atoms with Crippen LogP contribution >= 0.6 is 0 Å². The third-order valence-electron chi connectivity index (χ3n) is 5.14. The van der Waals surface area contributed by atoms with Gasteiger partial charge in [-0.05, 0) is 85.7 Å². The van der Waals surface area contributed by atoms with Gasteiger partial charge in [0.2, 0.25) is 0 Å². The highest BCUT2D eigenvalue weighted by molar-refractivity contribution is 6.06. The molecule has 0 unspecified atom stereocenters.